The van der Waals surface area contributed by atoms with Crippen molar-refractivity contribution in [3.8, 4) is 0 Å². The second kappa shape index (κ2) is 4.91. The van der Waals surface area contributed by atoms with E-state index in [4.69, 9.17) is 4.42 Å². The van der Waals surface area contributed by atoms with Gasteiger partial charge in [0.1, 0.15) is 5.76 Å². The molecule has 19 heavy (non-hydrogen) atoms. The molecule has 1 aromatic carbocycles. The van der Waals surface area contributed by atoms with Gasteiger partial charge in [0.05, 0.1) is 17.4 Å². The van der Waals surface area contributed by atoms with Crippen molar-refractivity contribution < 1.29 is 22.4 Å². The average Bonchev–Trinajstić information content (AvgIpc) is 2.85. The number of aryl methyl sites for hydroxylation is 1. The summed E-state index contributed by atoms with van der Waals surface area (Å²) in [7, 11) is 0. The van der Waals surface area contributed by atoms with Gasteiger partial charge in [-0.05, 0) is 12.1 Å². The highest BCUT2D eigenvalue weighted by atomic mass is 19.4. The molecule has 5 heteroatoms. The number of benzene rings is 1. The molecule has 0 saturated carbocycles. The molecule has 0 aliphatic rings. The van der Waals surface area contributed by atoms with Gasteiger partial charge in [-0.1, -0.05) is 25.1 Å². The summed E-state index contributed by atoms with van der Waals surface area (Å²) in [5.74, 6) is -0.277. The monoisotopic (exact) mass is 268 g/mol. The second-order valence-electron chi connectivity index (χ2n) is 3.98. The number of rotatable bonds is 3. The number of hydrogen-bond acceptors (Lipinski definition) is 2. The van der Waals surface area contributed by atoms with E-state index in [0.29, 0.717) is 12.2 Å². The number of hydrogen-bond donors (Lipinski definition) is 0. The summed E-state index contributed by atoms with van der Waals surface area (Å²) in [5, 5.41) is 0. The number of alkyl halides is 3. The van der Waals surface area contributed by atoms with Gasteiger partial charge in [0, 0.05) is 12.0 Å². The minimum Gasteiger partial charge on any atom is -0.469 e. The number of carbonyl (C=O) groups excluding carboxylic acids is 1. The van der Waals surface area contributed by atoms with Crippen LogP contribution >= 0.6 is 0 Å². The third kappa shape index (κ3) is 2.54. The van der Waals surface area contributed by atoms with Crippen LogP contribution < -0.4 is 0 Å². The highest BCUT2D eigenvalue weighted by Crippen LogP contribution is 2.33. The molecule has 0 amide bonds. The summed E-state index contributed by atoms with van der Waals surface area (Å²) in [6.07, 6.45) is -2.80. The Bertz CT molecular complexity index is 597. The first-order valence-corrected chi connectivity index (χ1v) is 5.72. The van der Waals surface area contributed by atoms with Crippen molar-refractivity contribution in [2.24, 2.45) is 0 Å². The Morgan fingerprint density at radius 3 is 2.47 bits per heavy atom. The van der Waals surface area contributed by atoms with Gasteiger partial charge in [0.15, 0.2) is 5.78 Å². The van der Waals surface area contributed by atoms with Crippen molar-refractivity contribution >= 4 is 5.78 Å². The second-order valence-corrected chi connectivity index (χ2v) is 3.98. The number of furan rings is 1. The fraction of sp³-hybridized carbons (Fsp3) is 0.214. The Morgan fingerprint density at radius 2 is 1.84 bits per heavy atom. The van der Waals surface area contributed by atoms with Crippen LogP contribution in [0.25, 0.3) is 0 Å². The van der Waals surface area contributed by atoms with Crippen LogP contribution in [-0.4, -0.2) is 5.78 Å². The van der Waals surface area contributed by atoms with Crippen LogP contribution in [0.2, 0.25) is 0 Å². The molecule has 0 saturated heterocycles. The number of ketones is 1. The molecule has 2 rings (SSSR count). The van der Waals surface area contributed by atoms with Gasteiger partial charge in [-0.2, -0.15) is 13.2 Å². The van der Waals surface area contributed by atoms with Gasteiger partial charge in [-0.25, -0.2) is 0 Å². The lowest BCUT2D eigenvalue weighted by Crippen LogP contribution is -2.14. The van der Waals surface area contributed by atoms with Crippen LogP contribution in [0.5, 0.6) is 0 Å². The normalized spacial score (nSPS) is 11.6. The predicted molar refractivity (Wildman–Crippen MR) is 63.0 cm³/mol. The molecule has 1 heterocycles. The molecule has 0 spiro atoms. The zero-order valence-corrected chi connectivity index (χ0v) is 10.1. The van der Waals surface area contributed by atoms with Crippen molar-refractivity contribution in [3.63, 3.8) is 0 Å². The Hall–Kier alpha value is -2.04. The summed E-state index contributed by atoms with van der Waals surface area (Å²) in [4.78, 5) is 12.2. The maximum Gasteiger partial charge on any atom is 0.417 e. The molecule has 1 aromatic heterocycles. The molecule has 100 valence electrons. The lowest BCUT2D eigenvalue weighted by molar-refractivity contribution is -0.137. The van der Waals surface area contributed by atoms with E-state index in [9.17, 15) is 18.0 Å². The standard InChI is InChI=1S/C14H11F3O2/c1-2-12-10(7-8-19-12)13(18)9-5-3-4-6-11(9)14(15,16)17/h3-8H,2H2,1H3. The number of carbonyl (C=O) groups is 1. The molecule has 0 radical (unpaired) electrons. The third-order valence-electron chi connectivity index (χ3n) is 2.79. The Morgan fingerprint density at radius 1 is 1.16 bits per heavy atom. The molecular formula is C14H11F3O2. The SMILES string of the molecule is CCc1occc1C(=O)c1ccccc1C(F)(F)F. The Kier molecular flexibility index (Phi) is 3.46. The molecule has 2 aromatic rings. The van der Waals surface area contributed by atoms with E-state index >= 15 is 0 Å². The van der Waals surface area contributed by atoms with Crippen LogP contribution in [-0.2, 0) is 12.6 Å². The molecule has 0 atom stereocenters. The van der Waals surface area contributed by atoms with Crippen LogP contribution in [0.4, 0.5) is 13.2 Å². The topological polar surface area (TPSA) is 30.2 Å². The summed E-state index contributed by atoms with van der Waals surface area (Å²) in [5.41, 5.74) is -1.10. The molecule has 0 aliphatic heterocycles. The zero-order valence-electron chi connectivity index (χ0n) is 10.1. The van der Waals surface area contributed by atoms with Gasteiger partial charge >= 0.3 is 6.18 Å². The van der Waals surface area contributed by atoms with Gasteiger partial charge < -0.3 is 4.42 Å². The molecule has 0 unspecified atom stereocenters. The summed E-state index contributed by atoms with van der Waals surface area (Å²) >= 11 is 0. The summed E-state index contributed by atoms with van der Waals surface area (Å²) in [6, 6.07) is 6.15. The maximum atomic E-state index is 12.9. The van der Waals surface area contributed by atoms with E-state index in [1.54, 1.807) is 6.92 Å². The highest BCUT2D eigenvalue weighted by molar-refractivity contribution is 6.10. The lowest BCUT2D eigenvalue weighted by atomic mass is 9.98. The van der Waals surface area contributed by atoms with Crippen molar-refractivity contribution in [2.75, 3.05) is 0 Å². The van der Waals surface area contributed by atoms with E-state index in [0.717, 1.165) is 6.07 Å². The van der Waals surface area contributed by atoms with Crippen LogP contribution in [0, 0.1) is 0 Å². The van der Waals surface area contributed by atoms with Crippen LogP contribution in [0.15, 0.2) is 41.0 Å². The molecule has 0 aliphatic carbocycles. The largest absolute Gasteiger partial charge is 0.469 e. The molecule has 0 fully saturated rings. The van der Waals surface area contributed by atoms with Crippen LogP contribution in [0.3, 0.4) is 0 Å². The average molecular weight is 268 g/mol. The van der Waals surface area contributed by atoms with E-state index in [-0.39, 0.29) is 11.1 Å². The van der Waals surface area contributed by atoms with Crippen molar-refractivity contribution in [1.29, 1.82) is 0 Å². The third-order valence-corrected chi connectivity index (χ3v) is 2.79. The quantitative estimate of drug-likeness (QED) is 0.785. The van der Waals surface area contributed by atoms with E-state index in [2.05, 4.69) is 0 Å². The molecule has 0 bridgehead atoms. The first-order valence-electron chi connectivity index (χ1n) is 5.72. The molecule has 0 N–H and O–H groups in total. The zero-order chi connectivity index (χ0) is 14.0. The highest BCUT2D eigenvalue weighted by Gasteiger charge is 2.35. The Labute approximate surface area is 107 Å². The van der Waals surface area contributed by atoms with Crippen molar-refractivity contribution in [1.82, 2.24) is 0 Å². The van der Waals surface area contributed by atoms with E-state index in [1.807, 2.05) is 0 Å². The van der Waals surface area contributed by atoms with Gasteiger partial charge in [0.2, 0.25) is 0 Å². The van der Waals surface area contributed by atoms with Gasteiger partial charge in [-0.3, -0.25) is 4.79 Å². The van der Waals surface area contributed by atoms with Gasteiger partial charge in [0.25, 0.3) is 0 Å². The van der Waals surface area contributed by atoms with E-state index < -0.39 is 17.5 Å². The van der Waals surface area contributed by atoms with Crippen molar-refractivity contribution in [2.45, 2.75) is 19.5 Å². The molecule has 2 nitrogen and oxygen atoms in total. The molecular weight excluding hydrogens is 257 g/mol. The minimum absolute atomic E-state index is 0.180. The van der Waals surface area contributed by atoms with Gasteiger partial charge in [-0.15, -0.1) is 0 Å². The first-order chi connectivity index (χ1) is 8.95. The lowest BCUT2D eigenvalue weighted by Gasteiger charge is -2.11. The summed E-state index contributed by atoms with van der Waals surface area (Å²) < 4.78 is 43.7. The smallest absolute Gasteiger partial charge is 0.417 e. The van der Waals surface area contributed by atoms with Crippen LogP contribution in [0.1, 0.15) is 34.2 Å². The minimum atomic E-state index is -4.55. The van der Waals surface area contributed by atoms with E-state index in [1.165, 1.54) is 30.5 Å². The fourth-order valence-corrected chi connectivity index (χ4v) is 1.89. The first kappa shape index (κ1) is 13.4. The fourth-order valence-electron chi connectivity index (χ4n) is 1.89. The number of halogens is 3. The predicted octanol–water partition coefficient (Wildman–Crippen LogP) is 4.09. The summed E-state index contributed by atoms with van der Waals surface area (Å²) in [6.45, 7) is 1.77. The Balaban J connectivity index is 2.51. The van der Waals surface area contributed by atoms with Crippen molar-refractivity contribution in [3.05, 3.63) is 59.0 Å². The maximum absolute atomic E-state index is 12.9.